The zero-order valence-corrected chi connectivity index (χ0v) is 14.0. The first-order valence-electron chi connectivity index (χ1n) is 7.78. The Bertz CT molecular complexity index is 1230. The third-order valence-electron chi connectivity index (χ3n) is 4.21. The molecule has 0 fully saturated rings. The summed E-state index contributed by atoms with van der Waals surface area (Å²) in [4.78, 5) is 31.5. The van der Waals surface area contributed by atoms with E-state index in [2.05, 4.69) is 20.3 Å². The minimum atomic E-state index is -0.451. The van der Waals surface area contributed by atoms with Gasteiger partial charge in [-0.25, -0.2) is 14.5 Å². The Balaban J connectivity index is 1.80. The molecule has 0 aliphatic rings. The fourth-order valence-corrected chi connectivity index (χ4v) is 2.70. The van der Waals surface area contributed by atoms with Crippen LogP contribution in [0.5, 0.6) is 0 Å². The topological polar surface area (TPSA) is 124 Å². The van der Waals surface area contributed by atoms with Gasteiger partial charge in [-0.2, -0.15) is 0 Å². The van der Waals surface area contributed by atoms with Crippen LogP contribution in [0.1, 0.15) is 5.56 Å². The minimum Gasteiger partial charge on any atom is -0.392 e. The van der Waals surface area contributed by atoms with E-state index < -0.39 is 11.2 Å². The number of aromatic nitrogens is 7. The van der Waals surface area contributed by atoms with E-state index in [4.69, 9.17) is 5.11 Å². The van der Waals surface area contributed by atoms with E-state index in [0.29, 0.717) is 11.5 Å². The monoisotopic (exact) mass is 353 g/mol. The Hall–Kier alpha value is -3.53. The first kappa shape index (κ1) is 16.0. The highest BCUT2D eigenvalue weighted by molar-refractivity contribution is 5.74. The van der Waals surface area contributed by atoms with Crippen molar-refractivity contribution in [3.05, 3.63) is 56.9 Å². The van der Waals surface area contributed by atoms with Crippen molar-refractivity contribution in [3.63, 3.8) is 0 Å². The summed E-state index contributed by atoms with van der Waals surface area (Å²) >= 11 is 0. The SMILES string of the molecule is Cn1c(=O)c2[nH]c(-c3cn(-c4ccc(CO)cc4)nn3)nc2n(C)c1=O. The summed E-state index contributed by atoms with van der Waals surface area (Å²) in [6, 6.07) is 7.19. The van der Waals surface area contributed by atoms with Gasteiger partial charge in [-0.15, -0.1) is 5.10 Å². The van der Waals surface area contributed by atoms with Crippen molar-refractivity contribution in [2.75, 3.05) is 0 Å². The van der Waals surface area contributed by atoms with Crippen LogP contribution in [0, 0.1) is 0 Å². The van der Waals surface area contributed by atoms with Crippen molar-refractivity contribution in [2.24, 2.45) is 14.1 Å². The highest BCUT2D eigenvalue weighted by atomic mass is 16.3. The predicted molar refractivity (Wildman–Crippen MR) is 92.9 cm³/mol. The molecule has 0 aliphatic heterocycles. The van der Waals surface area contributed by atoms with Crippen LogP contribution in [0.3, 0.4) is 0 Å². The summed E-state index contributed by atoms with van der Waals surface area (Å²) in [5.74, 6) is 0.344. The summed E-state index contributed by atoms with van der Waals surface area (Å²) in [6.45, 7) is -0.0322. The maximum atomic E-state index is 12.2. The van der Waals surface area contributed by atoms with Crippen LogP contribution in [0.15, 0.2) is 40.1 Å². The van der Waals surface area contributed by atoms with Crippen LogP contribution in [0.25, 0.3) is 28.4 Å². The molecule has 0 bridgehead atoms. The number of hydrogen-bond acceptors (Lipinski definition) is 6. The first-order chi connectivity index (χ1) is 12.5. The molecule has 26 heavy (non-hydrogen) atoms. The maximum absolute atomic E-state index is 12.2. The Morgan fingerprint density at radius 3 is 2.54 bits per heavy atom. The summed E-state index contributed by atoms with van der Waals surface area (Å²) in [7, 11) is 2.96. The highest BCUT2D eigenvalue weighted by Gasteiger charge is 2.16. The Morgan fingerprint density at radius 2 is 1.85 bits per heavy atom. The number of aliphatic hydroxyl groups is 1. The second kappa shape index (κ2) is 5.77. The molecular formula is C16H15N7O3. The standard InChI is InChI=1S/C16H15N7O3/c1-21-14-12(15(25)22(2)16(21)26)17-13(18-14)11-7-23(20-19-11)10-5-3-9(8-24)4-6-10/h3-7,24H,8H2,1-2H3,(H,17,18). The van der Waals surface area contributed by atoms with Gasteiger partial charge in [0.1, 0.15) is 11.2 Å². The largest absolute Gasteiger partial charge is 0.392 e. The van der Waals surface area contributed by atoms with E-state index in [0.717, 1.165) is 15.8 Å². The van der Waals surface area contributed by atoms with Crippen molar-refractivity contribution >= 4 is 11.2 Å². The molecule has 3 aromatic heterocycles. The first-order valence-corrected chi connectivity index (χ1v) is 7.78. The van der Waals surface area contributed by atoms with Gasteiger partial charge in [0.15, 0.2) is 11.5 Å². The van der Waals surface area contributed by atoms with Crippen LogP contribution in [-0.4, -0.2) is 39.2 Å². The molecule has 2 N–H and O–H groups in total. The number of fused-ring (bicyclic) bond motifs is 1. The van der Waals surface area contributed by atoms with Gasteiger partial charge in [0.05, 0.1) is 18.5 Å². The molecule has 10 nitrogen and oxygen atoms in total. The zero-order chi connectivity index (χ0) is 18.4. The number of nitrogens with one attached hydrogen (secondary N) is 1. The lowest BCUT2D eigenvalue weighted by Crippen LogP contribution is -2.36. The van der Waals surface area contributed by atoms with Gasteiger partial charge in [-0.3, -0.25) is 13.9 Å². The van der Waals surface area contributed by atoms with E-state index in [1.807, 2.05) is 12.1 Å². The van der Waals surface area contributed by atoms with Crippen LogP contribution in [0.4, 0.5) is 0 Å². The predicted octanol–water partition coefficient (Wildman–Crippen LogP) is -0.300. The molecule has 0 radical (unpaired) electrons. The normalized spacial score (nSPS) is 11.3. The number of aliphatic hydroxyl groups excluding tert-OH is 1. The molecule has 0 saturated carbocycles. The third-order valence-corrected chi connectivity index (χ3v) is 4.21. The summed E-state index contributed by atoms with van der Waals surface area (Å²) in [5.41, 5.74) is 1.58. The van der Waals surface area contributed by atoms with Gasteiger partial charge in [-0.05, 0) is 17.7 Å². The maximum Gasteiger partial charge on any atom is 0.332 e. The fraction of sp³-hybridized carbons (Fsp3) is 0.188. The van der Waals surface area contributed by atoms with Crippen LogP contribution < -0.4 is 11.2 Å². The number of benzene rings is 1. The Morgan fingerprint density at radius 1 is 1.12 bits per heavy atom. The van der Waals surface area contributed by atoms with E-state index in [1.54, 1.807) is 30.1 Å². The van der Waals surface area contributed by atoms with Crippen molar-refractivity contribution in [1.82, 2.24) is 34.1 Å². The number of rotatable bonds is 3. The van der Waals surface area contributed by atoms with Crippen LogP contribution in [0.2, 0.25) is 0 Å². The number of hydrogen-bond donors (Lipinski definition) is 2. The molecule has 132 valence electrons. The number of aryl methyl sites for hydroxylation is 1. The van der Waals surface area contributed by atoms with Gasteiger partial charge in [0.2, 0.25) is 0 Å². The molecule has 3 heterocycles. The van der Waals surface area contributed by atoms with Crippen molar-refractivity contribution < 1.29 is 5.11 Å². The molecule has 0 atom stereocenters. The van der Waals surface area contributed by atoms with Gasteiger partial charge in [0, 0.05) is 14.1 Å². The quantitative estimate of drug-likeness (QED) is 0.521. The lowest BCUT2D eigenvalue weighted by Gasteiger charge is -2.00. The fourth-order valence-electron chi connectivity index (χ4n) is 2.70. The van der Waals surface area contributed by atoms with Gasteiger partial charge >= 0.3 is 5.69 Å². The number of nitrogens with zero attached hydrogens (tertiary/aromatic N) is 6. The van der Waals surface area contributed by atoms with Crippen LogP contribution >= 0.6 is 0 Å². The Labute approximate surface area is 146 Å². The highest BCUT2D eigenvalue weighted by Crippen LogP contribution is 2.17. The average Bonchev–Trinajstić information content (AvgIpc) is 3.32. The summed E-state index contributed by atoms with van der Waals surface area (Å²) < 4.78 is 3.87. The van der Waals surface area contributed by atoms with Gasteiger partial charge < -0.3 is 10.1 Å². The minimum absolute atomic E-state index is 0.0322. The van der Waals surface area contributed by atoms with E-state index in [9.17, 15) is 9.59 Å². The van der Waals surface area contributed by atoms with E-state index in [-0.39, 0.29) is 17.8 Å². The average molecular weight is 353 g/mol. The van der Waals surface area contributed by atoms with Crippen molar-refractivity contribution in [3.8, 4) is 17.2 Å². The number of H-pyrrole nitrogens is 1. The molecule has 0 unspecified atom stereocenters. The molecule has 10 heteroatoms. The van der Waals surface area contributed by atoms with Crippen molar-refractivity contribution in [1.29, 1.82) is 0 Å². The molecule has 1 aromatic carbocycles. The second-order valence-electron chi connectivity index (χ2n) is 5.86. The van der Waals surface area contributed by atoms with Gasteiger partial charge in [0.25, 0.3) is 5.56 Å². The zero-order valence-electron chi connectivity index (χ0n) is 14.0. The second-order valence-corrected chi connectivity index (χ2v) is 5.86. The van der Waals surface area contributed by atoms with Crippen LogP contribution in [-0.2, 0) is 20.7 Å². The molecular weight excluding hydrogens is 338 g/mol. The number of imidazole rings is 1. The number of aromatic amines is 1. The molecule has 4 rings (SSSR count). The van der Waals surface area contributed by atoms with E-state index in [1.165, 1.54) is 11.6 Å². The van der Waals surface area contributed by atoms with Gasteiger partial charge in [-0.1, -0.05) is 17.3 Å². The smallest absolute Gasteiger partial charge is 0.332 e. The lowest BCUT2D eigenvalue weighted by molar-refractivity contribution is 0.282. The lowest BCUT2D eigenvalue weighted by atomic mass is 10.2. The van der Waals surface area contributed by atoms with Crippen molar-refractivity contribution in [2.45, 2.75) is 6.61 Å². The molecule has 0 spiro atoms. The molecule has 4 aromatic rings. The molecule has 0 amide bonds. The van der Waals surface area contributed by atoms with E-state index >= 15 is 0 Å². The molecule has 0 saturated heterocycles. The molecule has 0 aliphatic carbocycles. The summed E-state index contributed by atoms with van der Waals surface area (Å²) in [6.07, 6.45) is 1.66. The Kier molecular flexibility index (Phi) is 3.55. The third kappa shape index (κ3) is 2.35. The summed E-state index contributed by atoms with van der Waals surface area (Å²) in [5, 5.41) is 17.2.